The van der Waals surface area contributed by atoms with Gasteiger partial charge in [-0.15, -0.1) is 0 Å². The van der Waals surface area contributed by atoms with E-state index in [0.29, 0.717) is 12.1 Å². The molecule has 3 nitrogen and oxygen atoms in total. The van der Waals surface area contributed by atoms with Gasteiger partial charge < -0.3 is 10.6 Å². The molecule has 0 aromatic heterocycles. The highest BCUT2D eigenvalue weighted by molar-refractivity contribution is 5.80. The lowest BCUT2D eigenvalue weighted by Gasteiger charge is -2.18. The van der Waals surface area contributed by atoms with Crippen LogP contribution in [0, 0.1) is 5.92 Å². The third kappa shape index (κ3) is 5.65. The van der Waals surface area contributed by atoms with E-state index < -0.39 is 0 Å². The molecule has 3 heteroatoms. The quantitative estimate of drug-likeness (QED) is 0.540. The van der Waals surface area contributed by atoms with Crippen LogP contribution in [0.4, 0.5) is 0 Å². The molecule has 1 saturated carbocycles. The second-order valence-corrected chi connectivity index (χ2v) is 5.01. The van der Waals surface area contributed by atoms with E-state index in [9.17, 15) is 0 Å². The fourth-order valence-electron chi connectivity index (χ4n) is 1.48. The van der Waals surface area contributed by atoms with E-state index in [4.69, 9.17) is 0 Å². The predicted molar refractivity (Wildman–Crippen MR) is 66.2 cm³/mol. The van der Waals surface area contributed by atoms with Crippen LogP contribution in [-0.4, -0.2) is 25.1 Å². The van der Waals surface area contributed by atoms with Crippen molar-refractivity contribution in [3.63, 3.8) is 0 Å². The van der Waals surface area contributed by atoms with Crippen molar-refractivity contribution in [2.24, 2.45) is 10.9 Å². The molecule has 0 radical (unpaired) electrons. The molecule has 0 aromatic carbocycles. The molecule has 0 aliphatic heterocycles. The first kappa shape index (κ1) is 12.3. The van der Waals surface area contributed by atoms with Gasteiger partial charge in [0.05, 0.1) is 0 Å². The summed E-state index contributed by atoms with van der Waals surface area (Å²) in [5.74, 6) is 1.75. The zero-order valence-electron chi connectivity index (χ0n) is 10.5. The Kier molecular flexibility index (Phi) is 4.92. The van der Waals surface area contributed by atoms with Crippen molar-refractivity contribution in [3.05, 3.63) is 0 Å². The van der Waals surface area contributed by atoms with Crippen LogP contribution in [0.3, 0.4) is 0 Å². The summed E-state index contributed by atoms with van der Waals surface area (Å²) in [6.07, 6.45) is 5.07. The molecule has 1 unspecified atom stereocenters. The lowest BCUT2D eigenvalue weighted by atomic mass is 10.0. The highest BCUT2D eigenvalue weighted by Gasteiger charge is 2.22. The Hall–Kier alpha value is -0.730. The zero-order valence-corrected chi connectivity index (χ0v) is 10.5. The number of hydrogen-bond acceptors (Lipinski definition) is 1. The van der Waals surface area contributed by atoms with Crippen molar-refractivity contribution < 1.29 is 0 Å². The number of guanidine groups is 1. The highest BCUT2D eigenvalue weighted by atomic mass is 15.2. The molecule has 0 heterocycles. The van der Waals surface area contributed by atoms with Gasteiger partial charge in [-0.2, -0.15) is 0 Å². The van der Waals surface area contributed by atoms with Crippen LogP contribution in [0.1, 0.15) is 46.5 Å². The first-order chi connectivity index (χ1) is 7.11. The minimum Gasteiger partial charge on any atom is -0.354 e. The average Bonchev–Trinajstić information content (AvgIpc) is 2.97. The minimum atomic E-state index is 0.511. The van der Waals surface area contributed by atoms with Crippen LogP contribution in [0.2, 0.25) is 0 Å². The number of rotatable bonds is 5. The van der Waals surface area contributed by atoms with Gasteiger partial charge in [0.15, 0.2) is 5.96 Å². The molecule has 1 atom stereocenters. The number of nitrogens with one attached hydrogen (secondary N) is 2. The summed E-state index contributed by atoms with van der Waals surface area (Å²) in [5, 5.41) is 6.83. The Labute approximate surface area is 93.7 Å². The second kappa shape index (κ2) is 5.99. The van der Waals surface area contributed by atoms with Crippen LogP contribution < -0.4 is 10.6 Å². The molecule has 15 heavy (non-hydrogen) atoms. The van der Waals surface area contributed by atoms with Crippen molar-refractivity contribution in [1.82, 2.24) is 10.6 Å². The molecule has 2 N–H and O–H groups in total. The molecule has 1 aliphatic carbocycles. The molecular weight excluding hydrogens is 186 g/mol. The maximum absolute atomic E-state index is 4.23. The molecule has 0 saturated heterocycles. The van der Waals surface area contributed by atoms with E-state index in [2.05, 4.69) is 36.4 Å². The molecule has 0 amide bonds. The molecular formula is C12H25N3. The van der Waals surface area contributed by atoms with E-state index in [0.717, 1.165) is 11.9 Å². The van der Waals surface area contributed by atoms with Crippen molar-refractivity contribution >= 4 is 5.96 Å². The van der Waals surface area contributed by atoms with Crippen molar-refractivity contribution in [3.8, 4) is 0 Å². The van der Waals surface area contributed by atoms with Crippen LogP contribution in [-0.2, 0) is 0 Å². The molecule has 0 aromatic rings. The van der Waals surface area contributed by atoms with Crippen molar-refractivity contribution in [2.45, 2.75) is 58.5 Å². The van der Waals surface area contributed by atoms with E-state index >= 15 is 0 Å². The van der Waals surface area contributed by atoms with Gasteiger partial charge >= 0.3 is 0 Å². The highest BCUT2D eigenvalue weighted by Crippen LogP contribution is 2.18. The minimum absolute atomic E-state index is 0.511. The molecule has 1 fully saturated rings. The number of hydrogen-bond donors (Lipinski definition) is 2. The van der Waals surface area contributed by atoms with Crippen LogP contribution in [0.5, 0.6) is 0 Å². The molecule has 1 aliphatic rings. The summed E-state index contributed by atoms with van der Waals surface area (Å²) in [4.78, 5) is 4.23. The Morgan fingerprint density at radius 2 is 1.93 bits per heavy atom. The Morgan fingerprint density at radius 3 is 2.40 bits per heavy atom. The lowest BCUT2D eigenvalue weighted by Crippen LogP contribution is -2.43. The SMILES string of the molecule is CN=C(NC(C)CCC(C)C)NC1CC1. The summed E-state index contributed by atoms with van der Waals surface area (Å²) >= 11 is 0. The van der Waals surface area contributed by atoms with E-state index in [1.54, 1.807) is 0 Å². The van der Waals surface area contributed by atoms with Gasteiger partial charge in [0.25, 0.3) is 0 Å². The predicted octanol–water partition coefficient (Wildman–Crippen LogP) is 2.14. The van der Waals surface area contributed by atoms with E-state index in [-0.39, 0.29) is 0 Å². The normalized spacial score (nSPS) is 19.1. The van der Waals surface area contributed by atoms with Crippen molar-refractivity contribution in [1.29, 1.82) is 0 Å². The van der Waals surface area contributed by atoms with Gasteiger partial charge in [0.1, 0.15) is 0 Å². The smallest absolute Gasteiger partial charge is 0.191 e. The summed E-state index contributed by atoms with van der Waals surface area (Å²) in [6, 6.07) is 1.19. The first-order valence-corrected chi connectivity index (χ1v) is 6.11. The van der Waals surface area contributed by atoms with E-state index in [1.165, 1.54) is 25.7 Å². The van der Waals surface area contributed by atoms with Crippen molar-refractivity contribution in [2.75, 3.05) is 7.05 Å². The Balaban J connectivity index is 2.18. The fraction of sp³-hybridized carbons (Fsp3) is 0.917. The largest absolute Gasteiger partial charge is 0.354 e. The average molecular weight is 211 g/mol. The van der Waals surface area contributed by atoms with Crippen LogP contribution in [0.15, 0.2) is 4.99 Å². The summed E-state index contributed by atoms with van der Waals surface area (Å²) in [5.41, 5.74) is 0. The number of aliphatic imine (C=N–C) groups is 1. The van der Waals surface area contributed by atoms with Gasteiger partial charge in [-0.05, 0) is 38.5 Å². The van der Waals surface area contributed by atoms with Gasteiger partial charge in [0, 0.05) is 19.1 Å². The maximum Gasteiger partial charge on any atom is 0.191 e. The summed E-state index contributed by atoms with van der Waals surface area (Å²) in [6.45, 7) is 6.76. The molecule has 0 spiro atoms. The maximum atomic E-state index is 4.23. The second-order valence-electron chi connectivity index (χ2n) is 5.01. The lowest BCUT2D eigenvalue weighted by molar-refractivity contribution is 0.489. The van der Waals surface area contributed by atoms with Gasteiger partial charge in [-0.3, -0.25) is 4.99 Å². The fourth-order valence-corrected chi connectivity index (χ4v) is 1.48. The molecule has 88 valence electrons. The first-order valence-electron chi connectivity index (χ1n) is 6.11. The summed E-state index contributed by atoms with van der Waals surface area (Å²) in [7, 11) is 1.84. The van der Waals surface area contributed by atoms with Gasteiger partial charge in [-0.25, -0.2) is 0 Å². The molecule has 0 bridgehead atoms. The third-order valence-corrected chi connectivity index (χ3v) is 2.70. The van der Waals surface area contributed by atoms with E-state index in [1.807, 2.05) is 7.05 Å². The third-order valence-electron chi connectivity index (χ3n) is 2.70. The Morgan fingerprint density at radius 1 is 1.27 bits per heavy atom. The van der Waals surface area contributed by atoms with Gasteiger partial charge in [-0.1, -0.05) is 13.8 Å². The molecule has 1 rings (SSSR count). The van der Waals surface area contributed by atoms with Crippen LogP contribution in [0.25, 0.3) is 0 Å². The summed E-state index contributed by atoms with van der Waals surface area (Å²) < 4.78 is 0. The Bertz CT molecular complexity index is 207. The topological polar surface area (TPSA) is 36.4 Å². The van der Waals surface area contributed by atoms with Gasteiger partial charge in [0.2, 0.25) is 0 Å². The standard InChI is InChI=1S/C12H25N3/c1-9(2)5-6-10(3)14-12(13-4)15-11-7-8-11/h9-11H,5-8H2,1-4H3,(H2,13,14,15). The number of nitrogens with zero attached hydrogens (tertiary/aromatic N) is 1. The monoisotopic (exact) mass is 211 g/mol. The zero-order chi connectivity index (χ0) is 11.3. The van der Waals surface area contributed by atoms with Crippen LogP contribution >= 0.6 is 0 Å².